The van der Waals surface area contributed by atoms with Crippen LogP contribution < -0.4 is 10.1 Å². The fraction of sp³-hybridized carbons (Fsp3) is 0.471. The van der Waals surface area contributed by atoms with Crippen LogP contribution in [0.1, 0.15) is 36.0 Å². The minimum absolute atomic E-state index is 0.00138. The van der Waals surface area contributed by atoms with Crippen molar-refractivity contribution in [3.05, 3.63) is 41.2 Å². The Morgan fingerprint density at radius 1 is 1.35 bits per heavy atom. The second-order valence-electron chi connectivity index (χ2n) is 5.46. The molecule has 2 aromatic rings. The first-order valence-electron chi connectivity index (χ1n) is 7.82. The van der Waals surface area contributed by atoms with Crippen molar-refractivity contribution >= 4 is 5.91 Å². The van der Waals surface area contributed by atoms with Crippen LogP contribution in [0.3, 0.4) is 0 Å². The average molecular weight is 316 g/mol. The molecular formula is C17H24N4O2. The second-order valence-corrected chi connectivity index (χ2v) is 5.46. The number of methoxy groups -OCH3 is 1. The Labute approximate surface area is 136 Å². The lowest BCUT2D eigenvalue weighted by Crippen LogP contribution is -2.25. The lowest BCUT2D eigenvalue weighted by molar-refractivity contribution is -0.121. The van der Waals surface area contributed by atoms with Gasteiger partial charge in [0.2, 0.25) is 5.91 Å². The molecule has 0 bridgehead atoms. The van der Waals surface area contributed by atoms with Gasteiger partial charge in [-0.1, -0.05) is 6.92 Å². The average Bonchev–Trinajstić information content (AvgIpc) is 3.00. The Morgan fingerprint density at radius 3 is 2.83 bits per heavy atom. The standard InChI is InChI=1S/C17H24N4O2/c1-5-15-18-7-9-21(15)8-6-16(22)20-11-14-13(3)17(23-4)12(2)10-19-14/h7,9-10H,5-6,8,11H2,1-4H3,(H,20,22). The zero-order valence-electron chi connectivity index (χ0n) is 14.2. The Kier molecular flexibility index (Phi) is 5.73. The van der Waals surface area contributed by atoms with Gasteiger partial charge in [-0.25, -0.2) is 4.98 Å². The number of amides is 1. The van der Waals surface area contributed by atoms with Crippen molar-refractivity contribution in [1.29, 1.82) is 0 Å². The van der Waals surface area contributed by atoms with E-state index in [4.69, 9.17) is 4.74 Å². The minimum Gasteiger partial charge on any atom is -0.496 e. The van der Waals surface area contributed by atoms with E-state index >= 15 is 0 Å². The molecule has 0 atom stereocenters. The van der Waals surface area contributed by atoms with Crippen molar-refractivity contribution in [3.63, 3.8) is 0 Å². The quantitative estimate of drug-likeness (QED) is 0.850. The molecule has 1 amide bonds. The third-order valence-electron chi connectivity index (χ3n) is 3.90. The van der Waals surface area contributed by atoms with Crippen molar-refractivity contribution < 1.29 is 9.53 Å². The second kappa shape index (κ2) is 7.76. The predicted octanol–water partition coefficient (Wildman–Crippen LogP) is 2.17. The van der Waals surface area contributed by atoms with Crippen LogP contribution in [0.2, 0.25) is 0 Å². The van der Waals surface area contributed by atoms with Gasteiger partial charge in [-0.05, 0) is 13.8 Å². The molecule has 0 saturated heterocycles. The number of rotatable bonds is 7. The highest BCUT2D eigenvalue weighted by Gasteiger charge is 2.11. The molecule has 0 aromatic carbocycles. The SMILES string of the molecule is CCc1nccn1CCC(=O)NCc1ncc(C)c(OC)c1C. The summed E-state index contributed by atoms with van der Waals surface area (Å²) in [5.74, 6) is 1.83. The van der Waals surface area contributed by atoms with Gasteiger partial charge < -0.3 is 14.6 Å². The van der Waals surface area contributed by atoms with Crippen LogP contribution >= 0.6 is 0 Å². The molecule has 2 heterocycles. The van der Waals surface area contributed by atoms with Gasteiger partial charge in [0.15, 0.2) is 0 Å². The van der Waals surface area contributed by atoms with Gasteiger partial charge in [-0.2, -0.15) is 0 Å². The van der Waals surface area contributed by atoms with E-state index < -0.39 is 0 Å². The number of nitrogens with zero attached hydrogens (tertiary/aromatic N) is 3. The van der Waals surface area contributed by atoms with Gasteiger partial charge in [-0.3, -0.25) is 9.78 Å². The lowest BCUT2D eigenvalue weighted by Gasteiger charge is -2.13. The van der Waals surface area contributed by atoms with E-state index in [1.165, 1.54) is 0 Å². The molecule has 0 fully saturated rings. The topological polar surface area (TPSA) is 69.0 Å². The molecule has 0 aliphatic rings. The van der Waals surface area contributed by atoms with Crippen LogP contribution in [0, 0.1) is 13.8 Å². The lowest BCUT2D eigenvalue weighted by atomic mass is 10.1. The Hall–Kier alpha value is -2.37. The van der Waals surface area contributed by atoms with E-state index in [-0.39, 0.29) is 5.91 Å². The Balaban J connectivity index is 1.90. The van der Waals surface area contributed by atoms with E-state index in [2.05, 4.69) is 22.2 Å². The smallest absolute Gasteiger partial charge is 0.222 e. The maximum atomic E-state index is 12.0. The molecule has 6 nitrogen and oxygen atoms in total. The number of carbonyl (C=O) groups is 1. The van der Waals surface area contributed by atoms with Crippen LogP contribution in [0.5, 0.6) is 5.75 Å². The van der Waals surface area contributed by atoms with Gasteiger partial charge in [0.25, 0.3) is 0 Å². The molecule has 0 aliphatic heterocycles. The van der Waals surface area contributed by atoms with Gasteiger partial charge in [0.05, 0.1) is 19.3 Å². The largest absolute Gasteiger partial charge is 0.496 e. The number of ether oxygens (including phenoxy) is 1. The molecule has 23 heavy (non-hydrogen) atoms. The van der Waals surface area contributed by atoms with Gasteiger partial charge in [0.1, 0.15) is 11.6 Å². The first-order valence-corrected chi connectivity index (χ1v) is 7.82. The monoisotopic (exact) mass is 316 g/mol. The van der Waals surface area contributed by atoms with Crippen LogP contribution in [-0.2, 0) is 24.3 Å². The fourth-order valence-electron chi connectivity index (χ4n) is 2.60. The van der Waals surface area contributed by atoms with Crippen LogP contribution in [0.4, 0.5) is 0 Å². The molecule has 0 aliphatic carbocycles. The maximum Gasteiger partial charge on any atom is 0.222 e. The summed E-state index contributed by atoms with van der Waals surface area (Å²) in [4.78, 5) is 20.7. The highest BCUT2D eigenvalue weighted by molar-refractivity contribution is 5.75. The molecule has 2 aromatic heterocycles. The molecule has 1 N–H and O–H groups in total. The van der Waals surface area contributed by atoms with Crippen molar-refractivity contribution in [2.75, 3.05) is 7.11 Å². The Bertz CT molecular complexity index is 679. The van der Waals surface area contributed by atoms with Crippen LogP contribution in [-0.4, -0.2) is 27.6 Å². The molecule has 6 heteroatoms. The van der Waals surface area contributed by atoms with E-state index in [9.17, 15) is 4.79 Å². The molecular weight excluding hydrogens is 292 g/mol. The first-order chi connectivity index (χ1) is 11.1. The molecule has 0 unspecified atom stereocenters. The summed E-state index contributed by atoms with van der Waals surface area (Å²) < 4.78 is 7.39. The third-order valence-corrected chi connectivity index (χ3v) is 3.90. The summed E-state index contributed by atoms with van der Waals surface area (Å²) in [6, 6.07) is 0. The minimum atomic E-state index is 0.00138. The van der Waals surface area contributed by atoms with Gasteiger partial charge >= 0.3 is 0 Å². The summed E-state index contributed by atoms with van der Waals surface area (Å²) in [6.45, 7) is 7.01. The normalized spacial score (nSPS) is 10.6. The van der Waals surface area contributed by atoms with Crippen molar-refractivity contribution in [1.82, 2.24) is 19.9 Å². The summed E-state index contributed by atoms with van der Waals surface area (Å²) in [5, 5.41) is 2.92. The summed E-state index contributed by atoms with van der Waals surface area (Å²) in [6.07, 6.45) is 6.73. The zero-order chi connectivity index (χ0) is 16.8. The maximum absolute atomic E-state index is 12.0. The third kappa shape index (κ3) is 4.09. The fourth-order valence-corrected chi connectivity index (χ4v) is 2.60. The number of imidazole rings is 1. The van der Waals surface area contributed by atoms with E-state index in [1.807, 2.05) is 24.6 Å². The van der Waals surface area contributed by atoms with E-state index in [1.54, 1.807) is 19.5 Å². The van der Waals surface area contributed by atoms with Gasteiger partial charge in [-0.15, -0.1) is 0 Å². The number of pyridine rings is 1. The number of hydrogen-bond donors (Lipinski definition) is 1. The van der Waals surface area contributed by atoms with E-state index in [0.717, 1.165) is 34.8 Å². The predicted molar refractivity (Wildman–Crippen MR) is 88.3 cm³/mol. The number of aryl methyl sites for hydroxylation is 3. The number of carbonyl (C=O) groups excluding carboxylic acids is 1. The number of aromatic nitrogens is 3. The van der Waals surface area contributed by atoms with Crippen LogP contribution in [0.15, 0.2) is 18.6 Å². The van der Waals surface area contributed by atoms with Crippen LogP contribution in [0.25, 0.3) is 0 Å². The highest BCUT2D eigenvalue weighted by Crippen LogP contribution is 2.23. The molecule has 2 rings (SSSR count). The Morgan fingerprint density at radius 2 is 2.13 bits per heavy atom. The molecule has 0 saturated carbocycles. The van der Waals surface area contributed by atoms with Crippen molar-refractivity contribution in [2.24, 2.45) is 0 Å². The molecule has 0 spiro atoms. The van der Waals surface area contributed by atoms with Crippen molar-refractivity contribution in [3.8, 4) is 5.75 Å². The number of nitrogens with one attached hydrogen (secondary N) is 1. The van der Waals surface area contributed by atoms with Gasteiger partial charge in [0, 0.05) is 49.1 Å². The zero-order valence-corrected chi connectivity index (χ0v) is 14.2. The van der Waals surface area contributed by atoms with E-state index in [0.29, 0.717) is 19.5 Å². The summed E-state index contributed by atoms with van der Waals surface area (Å²) in [5.41, 5.74) is 2.79. The molecule has 124 valence electrons. The molecule has 0 radical (unpaired) electrons. The first kappa shape index (κ1) is 17.0. The summed E-state index contributed by atoms with van der Waals surface area (Å²) in [7, 11) is 1.65. The summed E-state index contributed by atoms with van der Waals surface area (Å²) >= 11 is 0. The highest BCUT2D eigenvalue weighted by atomic mass is 16.5. The number of hydrogen-bond acceptors (Lipinski definition) is 4. The van der Waals surface area contributed by atoms with Crippen molar-refractivity contribution in [2.45, 2.75) is 46.7 Å².